The Labute approximate surface area is 58.7 Å². The zero-order valence-corrected chi connectivity index (χ0v) is 7.63. The predicted molar refractivity (Wildman–Crippen MR) is 33.4 cm³/mol. The van der Waals surface area contributed by atoms with Crippen LogP contribution in [0.1, 0.15) is 19.8 Å². The molecule has 0 aromatic carbocycles. The molecule has 0 aliphatic rings. The van der Waals surface area contributed by atoms with Gasteiger partial charge in [-0.25, -0.2) is 0 Å². The molecular formula is C5H12NSn. The predicted octanol–water partition coefficient (Wildman–Crippen LogP) is 0.701. The van der Waals surface area contributed by atoms with Crippen LogP contribution in [0.4, 0.5) is 0 Å². The maximum atomic E-state index is 5.49. The molecule has 0 rings (SSSR count). The molecule has 0 spiro atoms. The van der Waals surface area contributed by atoms with Crippen molar-refractivity contribution in [1.29, 1.82) is 0 Å². The Morgan fingerprint density at radius 2 is 2.29 bits per heavy atom. The summed E-state index contributed by atoms with van der Waals surface area (Å²) >= 11 is 1.64. The third-order valence-corrected chi connectivity index (χ3v) is 1.85. The first-order valence-electron chi connectivity index (χ1n) is 2.67. The summed E-state index contributed by atoms with van der Waals surface area (Å²) in [5.74, 6) is 0. The molecule has 0 aromatic heterocycles. The summed E-state index contributed by atoms with van der Waals surface area (Å²) in [6.07, 6.45) is 2.52. The van der Waals surface area contributed by atoms with E-state index in [0.717, 1.165) is 0 Å². The van der Waals surface area contributed by atoms with Gasteiger partial charge in [-0.2, -0.15) is 0 Å². The number of nitrogens with two attached hydrogens (primary N) is 1. The third-order valence-electron chi connectivity index (χ3n) is 0.836. The van der Waals surface area contributed by atoms with Crippen molar-refractivity contribution in [3.8, 4) is 0 Å². The van der Waals surface area contributed by atoms with Crippen molar-refractivity contribution >= 4 is 22.5 Å². The van der Waals surface area contributed by atoms with Crippen molar-refractivity contribution in [2.75, 3.05) is 0 Å². The summed E-state index contributed by atoms with van der Waals surface area (Å²) < 4.78 is 1.36. The van der Waals surface area contributed by atoms with Gasteiger partial charge in [-0.1, -0.05) is 0 Å². The molecule has 0 heterocycles. The van der Waals surface area contributed by atoms with E-state index >= 15 is 0 Å². The summed E-state index contributed by atoms with van der Waals surface area (Å²) in [6, 6.07) is 0.417. The Hall–Kier alpha value is 0.759. The zero-order valence-electron chi connectivity index (χ0n) is 4.78. The van der Waals surface area contributed by atoms with Gasteiger partial charge < -0.3 is 0 Å². The van der Waals surface area contributed by atoms with Gasteiger partial charge in [-0.15, -0.1) is 0 Å². The van der Waals surface area contributed by atoms with Crippen molar-refractivity contribution in [3.63, 3.8) is 0 Å². The molecule has 1 nitrogen and oxygen atoms in total. The van der Waals surface area contributed by atoms with Gasteiger partial charge in [0.1, 0.15) is 0 Å². The Morgan fingerprint density at radius 3 is 2.43 bits per heavy atom. The molecule has 41 valence electrons. The van der Waals surface area contributed by atoms with E-state index in [1.54, 1.807) is 22.5 Å². The fourth-order valence-corrected chi connectivity index (χ4v) is 1.01. The van der Waals surface area contributed by atoms with Crippen molar-refractivity contribution in [1.82, 2.24) is 0 Å². The van der Waals surface area contributed by atoms with Crippen LogP contribution >= 0.6 is 0 Å². The van der Waals surface area contributed by atoms with Crippen LogP contribution in [0.25, 0.3) is 0 Å². The minimum atomic E-state index is 0.417. The van der Waals surface area contributed by atoms with Crippen LogP contribution in [0.5, 0.6) is 0 Å². The first-order chi connectivity index (χ1) is 3.27. The van der Waals surface area contributed by atoms with Gasteiger partial charge in [0.2, 0.25) is 0 Å². The van der Waals surface area contributed by atoms with Crippen LogP contribution in [0.15, 0.2) is 0 Å². The standard InChI is InChI=1S/C5H12N.Sn/c1-3-4-5(2)6;/h5H,1,3-4,6H2,2H3;. The summed E-state index contributed by atoms with van der Waals surface area (Å²) in [4.78, 5) is 0. The van der Waals surface area contributed by atoms with Gasteiger partial charge >= 0.3 is 58.5 Å². The third kappa shape index (κ3) is 6.76. The average molecular weight is 205 g/mol. The van der Waals surface area contributed by atoms with E-state index in [2.05, 4.69) is 6.92 Å². The minimum absolute atomic E-state index is 0.417. The molecule has 2 N–H and O–H groups in total. The fraction of sp³-hybridized carbons (Fsp3) is 1.00. The van der Waals surface area contributed by atoms with Crippen LogP contribution in [-0.4, -0.2) is 28.6 Å². The molecule has 1 atom stereocenters. The summed E-state index contributed by atoms with van der Waals surface area (Å²) in [5.41, 5.74) is 5.49. The molecule has 7 heavy (non-hydrogen) atoms. The van der Waals surface area contributed by atoms with Gasteiger partial charge in [0.05, 0.1) is 0 Å². The molecule has 0 saturated heterocycles. The second-order valence-electron chi connectivity index (χ2n) is 1.87. The van der Waals surface area contributed by atoms with Crippen LogP contribution in [-0.2, 0) is 0 Å². The molecule has 0 saturated carbocycles. The second-order valence-corrected chi connectivity index (χ2v) is 3.30. The average Bonchev–Trinajstić information content (AvgIpc) is 1.61. The van der Waals surface area contributed by atoms with Crippen molar-refractivity contribution in [2.45, 2.75) is 30.2 Å². The molecule has 0 aromatic rings. The van der Waals surface area contributed by atoms with Gasteiger partial charge in [-0.05, 0) is 0 Å². The molecule has 0 aliphatic heterocycles. The normalized spacial score (nSPS) is 14.1. The first-order valence-corrected chi connectivity index (χ1v) is 4.69. The van der Waals surface area contributed by atoms with E-state index in [-0.39, 0.29) is 0 Å². The van der Waals surface area contributed by atoms with E-state index < -0.39 is 0 Å². The van der Waals surface area contributed by atoms with Crippen molar-refractivity contribution < 1.29 is 0 Å². The van der Waals surface area contributed by atoms with Gasteiger partial charge in [0.15, 0.2) is 0 Å². The number of hydrogen-bond donors (Lipinski definition) is 1. The van der Waals surface area contributed by atoms with Crippen LogP contribution in [0.3, 0.4) is 0 Å². The zero-order chi connectivity index (χ0) is 5.70. The molecule has 3 radical (unpaired) electrons. The van der Waals surface area contributed by atoms with E-state index in [0.29, 0.717) is 6.04 Å². The molecule has 0 fully saturated rings. The molecule has 0 aliphatic carbocycles. The Kier molecular flexibility index (Phi) is 5.44. The summed E-state index contributed by atoms with van der Waals surface area (Å²) in [7, 11) is 0. The molecule has 0 amide bonds. The Morgan fingerprint density at radius 1 is 1.71 bits per heavy atom. The van der Waals surface area contributed by atoms with Crippen molar-refractivity contribution in [2.24, 2.45) is 5.73 Å². The van der Waals surface area contributed by atoms with E-state index in [4.69, 9.17) is 5.73 Å². The monoisotopic (exact) mass is 206 g/mol. The summed E-state index contributed by atoms with van der Waals surface area (Å²) in [6.45, 7) is 2.06. The number of rotatable bonds is 3. The van der Waals surface area contributed by atoms with E-state index in [1.807, 2.05) is 0 Å². The van der Waals surface area contributed by atoms with Crippen LogP contribution < -0.4 is 5.73 Å². The molecular weight excluding hydrogens is 193 g/mol. The van der Waals surface area contributed by atoms with E-state index in [9.17, 15) is 0 Å². The van der Waals surface area contributed by atoms with Gasteiger partial charge in [-0.3, -0.25) is 0 Å². The Bertz CT molecular complexity index is 37.1. The SMILES string of the molecule is CC(N)CC[CH2][Sn]. The van der Waals surface area contributed by atoms with Crippen LogP contribution in [0.2, 0.25) is 4.44 Å². The Balaban J connectivity index is 2.68. The number of hydrogen-bond acceptors (Lipinski definition) is 1. The molecule has 2 heteroatoms. The molecule has 1 unspecified atom stereocenters. The summed E-state index contributed by atoms with van der Waals surface area (Å²) in [5, 5.41) is 0. The second kappa shape index (κ2) is 4.91. The fourth-order valence-electron chi connectivity index (χ4n) is 0.424. The van der Waals surface area contributed by atoms with Gasteiger partial charge in [0.25, 0.3) is 0 Å². The first kappa shape index (κ1) is 7.76. The van der Waals surface area contributed by atoms with Crippen LogP contribution in [0, 0.1) is 0 Å². The molecule has 0 bridgehead atoms. The van der Waals surface area contributed by atoms with E-state index in [1.165, 1.54) is 17.3 Å². The maximum absolute atomic E-state index is 5.49. The topological polar surface area (TPSA) is 26.0 Å². The van der Waals surface area contributed by atoms with Crippen molar-refractivity contribution in [3.05, 3.63) is 0 Å². The quantitative estimate of drug-likeness (QED) is 0.674. The van der Waals surface area contributed by atoms with Gasteiger partial charge in [0, 0.05) is 0 Å².